The summed E-state index contributed by atoms with van der Waals surface area (Å²) in [6, 6.07) is 0.0131. The van der Waals surface area contributed by atoms with Gasteiger partial charge in [0.05, 0.1) is 12.6 Å². The van der Waals surface area contributed by atoms with Crippen LogP contribution in [0.1, 0.15) is 20.3 Å². The summed E-state index contributed by atoms with van der Waals surface area (Å²) < 4.78 is 16.7. The first kappa shape index (κ1) is 12.6. The third kappa shape index (κ3) is 3.10. The maximum absolute atomic E-state index is 11.1. The molecule has 0 amide bonds. The van der Waals surface area contributed by atoms with E-state index in [1.807, 2.05) is 12.2 Å². The molecule has 0 saturated carbocycles. The Morgan fingerprint density at radius 2 is 2.47 bits per heavy atom. The molecule has 6 heteroatoms. The van der Waals surface area contributed by atoms with Crippen molar-refractivity contribution in [3.63, 3.8) is 0 Å². The van der Waals surface area contributed by atoms with E-state index in [1.165, 1.54) is 0 Å². The standard InChI is InChI=1S/C11H15ClN2O2S/c1-7(2)6-16-8-3-4-9-10(5-8)14-11(13-9)17(12)15/h3,5,7,9H,4,6H2,1-2H3,(H,13,14). The summed E-state index contributed by atoms with van der Waals surface area (Å²) in [6.45, 7) is 4.89. The van der Waals surface area contributed by atoms with E-state index in [-0.39, 0.29) is 6.04 Å². The fraction of sp³-hybridized carbons (Fsp3) is 0.545. The Labute approximate surface area is 108 Å². The summed E-state index contributed by atoms with van der Waals surface area (Å²) in [5.41, 5.74) is 0.912. The van der Waals surface area contributed by atoms with Crippen molar-refractivity contribution in [2.24, 2.45) is 10.9 Å². The average molecular weight is 275 g/mol. The molecule has 1 N–H and O–H groups in total. The van der Waals surface area contributed by atoms with Crippen molar-refractivity contribution in [3.8, 4) is 0 Å². The van der Waals surface area contributed by atoms with Crippen molar-refractivity contribution in [2.45, 2.75) is 26.3 Å². The van der Waals surface area contributed by atoms with Crippen LogP contribution in [0.15, 0.2) is 28.6 Å². The third-order valence-corrected chi connectivity index (χ3v) is 3.41. The highest BCUT2D eigenvalue weighted by Crippen LogP contribution is 2.24. The quantitative estimate of drug-likeness (QED) is 0.802. The Balaban J connectivity index is 2.00. The Morgan fingerprint density at radius 1 is 1.71 bits per heavy atom. The van der Waals surface area contributed by atoms with Gasteiger partial charge in [-0.3, -0.25) is 0 Å². The number of aliphatic imine (C=N–C) groups is 1. The second-order valence-electron chi connectivity index (χ2n) is 4.45. The smallest absolute Gasteiger partial charge is 0.208 e. The number of rotatable bonds is 3. The highest BCUT2D eigenvalue weighted by atomic mass is 35.7. The van der Waals surface area contributed by atoms with Gasteiger partial charge in [0.1, 0.15) is 5.76 Å². The number of hydrogen-bond acceptors (Lipinski definition) is 4. The predicted molar refractivity (Wildman–Crippen MR) is 69.9 cm³/mol. The number of ether oxygens (including phenoxy) is 1. The van der Waals surface area contributed by atoms with Crippen molar-refractivity contribution in [2.75, 3.05) is 6.61 Å². The number of nitrogens with one attached hydrogen (secondary N) is 1. The molecule has 4 nitrogen and oxygen atoms in total. The topological polar surface area (TPSA) is 50.7 Å². The molecule has 0 radical (unpaired) electrons. The van der Waals surface area contributed by atoms with Crippen LogP contribution in [0.2, 0.25) is 0 Å². The maximum Gasteiger partial charge on any atom is 0.208 e. The molecule has 2 rings (SSSR count). The van der Waals surface area contributed by atoms with Gasteiger partial charge in [0.2, 0.25) is 5.17 Å². The van der Waals surface area contributed by atoms with E-state index >= 15 is 0 Å². The SMILES string of the molecule is CC(C)COC1=CCC2N=C(S(=O)Cl)NC2=C1. The molecule has 0 aromatic heterocycles. The van der Waals surface area contributed by atoms with Gasteiger partial charge in [0.25, 0.3) is 0 Å². The Kier molecular flexibility index (Phi) is 3.89. The zero-order valence-electron chi connectivity index (χ0n) is 9.77. The number of halogens is 1. The van der Waals surface area contributed by atoms with Gasteiger partial charge in [-0.1, -0.05) is 13.8 Å². The number of nitrogens with zero attached hydrogens (tertiary/aromatic N) is 1. The molecule has 17 heavy (non-hydrogen) atoms. The normalized spacial score (nSPS) is 24.5. The molecule has 2 unspecified atom stereocenters. The molecular formula is C11H15ClN2O2S. The average Bonchev–Trinajstić information content (AvgIpc) is 2.69. The summed E-state index contributed by atoms with van der Waals surface area (Å²) in [6.07, 6.45) is 4.66. The molecule has 0 saturated heterocycles. The Bertz CT molecular complexity index is 429. The molecule has 0 spiro atoms. The first-order valence-corrected chi connectivity index (χ1v) is 7.51. The molecule has 2 atom stereocenters. The van der Waals surface area contributed by atoms with Gasteiger partial charge in [-0.25, -0.2) is 9.20 Å². The minimum atomic E-state index is -1.57. The minimum absolute atomic E-state index is 0.0131. The number of fused-ring (bicyclic) bond motifs is 1. The van der Waals surface area contributed by atoms with Crippen molar-refractivity contribution < 1.29 is 8.95 Å². The molecule has 94 valence electrons. The van der Waals surface area contributed by atoms with Crippen LogP contribution < -0.4 is 5.32 Å². The molecule has 2 aliphatic rings. The maximum atomic E-state index is 11.1. The van der Waals surface area contributed by atoms with Crippen molar-refractivity contribution in [1.82, 2.24) is 5.32 Å². The van der Waals surface area contributed by atoms with E-state index < -0.39 is 10.0 Å². The largest absolute Gasteiger partial charge is 0.494 e. The second kappa shape index (κ2) is 5.23. The van der Waals surface area contributed by atoms with Crippen molar-refractivity contribution in [1.29, 1.82) is 0 Å². The molecule has 0 bridgehead atoms. The summed E-state index contributed by atoms with van der Waals surface area (Å²) in [7, 11) is 3.92. The zero-order valence-corrected chi connectivity index (χ0v) is 11.3. The molecule has 1 aliphatic heterocycles. The Morgan fingerprint density at radius 3 is 3.12 bits per heavy atom. The molecule has 1 aliphatic carbocycles. The summed E-state index contributed by atoms with van der Waals surface area (Å²) in [5, 5.41) is 3.30. The van der Waals surface area contributed by atoms with Gasteiger partial charge in [0.15, 0.2) is 10.0 Å². The first-order chi connectivity index (χ1) is 8.06. The molecule has 0 aromatic rings. The molecule has 0 fully saturated rings. The number of hydrogen-bond donors (Lipinski definition) is 1. The lowest BCUT2D eigenvalue weighted by Gasteiger charge is -2.17. The van der Waals surface area contributed by atoms with Crippen molar-refractivity contribution >= 4 is 25.9 Å². The fourth-order valence-electron chi connectivity index (χ4n) is 1.65. The second-order valence-corrected chi connectivity index (χ2v) is 6.12. The van der Waals surface area contributed by atoms with Gasteiger partial charge in [-0.15, -0.1) is 0 Å². The van der Waals surface area contributed by atoms with E-state index in [9.17, 15) is 4.21 Å². The van der Waals surface area contributed by atoms with E-state index in [4.69, 9.17) is 15.4 Å². The summed E-state index contributed by atoms with van der Waals surface area (Å²) in [5.74, 6) is 1.33. The predicted octanol–water partition coefficient (Wildman–Crippen LogP) is 2.06. The molecule has 1 heterocycles. The summed E-state index contributed by atoms with van der Waals surface area (Å²) in [4.78, 5) is 4.24. The third-order valence-electron chi connectivity index (χ3n) is 2.46. The van der Waals surface area contributed by atoms with E-state index in [0.717, 1.165) is 17.9 Å². The lowest BCUT2D eigenvalue weighted by molar-refractivity contribution is 0.187. The summed E-state index contributed by atoms with van der Waals surface area (Å²) >= 11 is 0. The molecule has 0 aromatic carbocycles. The van der Waals surface area contributed by atoms with Crippen LogP contribution in [0.3, 0.4) is 0 Å². The van der Waals surface area contributed by atoms with E-state index in [2.05, 4.69) is 24.2 Å². The van der Waals surface area contributed by atoms with Crippen LogP contribution in [0.4, 0.5) is 0 Å². The number of allylic oxidation sites excluding steroid dienone is 1. The van der Waals surface area contributed by atoms with Gasteiger partial charge in [-0.2, -0.15) is 0 Å². The van der Waals surface area contributed by atoms with Crippen molar-refractivity contribution in [3.05, 3.63) is 23.6 Å². The first-order valence-electron chi connectivity index (χ1n) is 5.53. The fourth-order valence-corrected chi connectivity index (χ4v) is 2.29. The van der Waals surface area contributed by atoms with Gasteiger partial charge in [0, 0.05) is 11.8 Å². The lowest BCUT2D eigenvalue weighted by Crippen LogP contribution is -2.22. The Hall–Kier alpha value is -0.810. The van der Waals surface area contributed by atoms with Gasteiger partial charge < -0.3 is 10.1 Å². The van der Waals surface area contributed by atoms with E-state index in [0.29, 0.717) is 17.7 Å². The highest BCUT2D eigenvalue weighted by Gasteiger charge is 2.27. The van der Waals surface area contributed by atoms with Gasteiger partial charge >= 0.3 is 0 Å². The van der Waals surface area contributed by atoms with Gasteiger partial charge in [-0.05, 0) is 29.1 Å². The van der Waals surface area contributed by atoms with E-state index in [1.54, 1.807) is 0 Å². The molecular weight excluding hydrogens is 260 g/mol. The van der Waals surface area contributed by atoms with Crippen LogP contribution >= 0.6 is 10.7 Å². The van der Waals surface area contributed by atoms with Crippen LogP contribution in [0, 0.1) is 5.92 Å². The van der Waals surface area contributed by atoms with Crippen LogP contribution in [-0.2, 0) is 14.7 Å². The monoisotopic (exact) mass is 274 g/mol. The highest BCUT2D eigenvalue weighted by molar-refractivity contribution is 8.20. The minimum Gasteiger partial charge on any atom is -0.494 e. The van der Waals surface area contributed by atoms with Crippen LogP contribution in [0.5, 0.6) is 0 Å². The number of amidine groups is 1. The lowest BCUT2D eigenvalue weighted by atomic mass is 10.1. The van der Waals surface area contributed by atoms with Crippen LogP contribution in [-0.4, -0.2) is 22.0 Å². The van der Waals surface area contributed by atoms with Crippen LogP contribution in [0.25, 0.3) is 0 Å². The zero-order chi connectivity index (χ0) is 12.4.